The fraction of sp³-hybridized carbons (Fsp3) is 0.167. The van der Waals surface area contributed by atoms with Crippen molar-refractivity contribution in [3.8, 4) is 0 Å². The zero-order valence-corrected chi connectivity index (χ0v) is 12.9. The zero-order chi connectivity index (χ0) is 17.1. The van der Waals surface area contributed by atoms with Crippen molar-refractivity contribution in [3.63, 3.8) is 0 Å². The summed E-state index contributed by atoms with van der Waals surface area (Å²) in [5.74, 6) is -2.27. The van der Waals surface area contributed by atoms with Crippen LogP contribution in [0.3, 0.4) is 0 Å². The smallest absolute Gasteiger partial charge is 0.352 e. The molecule has 0 spiro atoms. The summed E-state index contributed by atoms with van der Waals surface area (Å²) in [6.07, 6.45) is -0.174. The molecular formula is C18H14N2O4. The van der Waals surface area contributed by atoms with Gasteiger partial charge in [-0.2, -0.15) is 5.10 Å². The third-order valence-corrected chi connectivity index (χ3v) is 4.73. The van der Waals surface area contributed by atoms with E-state index in [1.54, 1.807) is 23.7 Å². The largest absolute Gasteiger partial charge is 0.481 e. The number of benzene rings is 2. The summed E-state index contributed by atoms with van der Waals surface area (Å²) < 4.78 is 1.57. The van der Waals surface area contributed by atoms with Crippen LogP contribution in [0.15, 0.2) is 47.6 Å². The van der Waals surface area contributed by atoms with Crippen molar-refractivity contribution in [2.75, 3.05) is 0 Å². The first-order valence-electron chi connectivity index (χ1n) is 7.50. The molecule has 24 heavy (non-hydrogen) atoms. The number of aliphatic carboxylic acids is 2. The average Bonchev–Trinajstić information content (AvgIpc) is 2.79. The van der Waals surface area contributed by atoms with Gasteiger partial charge in [-0.25, -0.2) is 9.47 Å². The molecule has 0 fully saturated rings. The number of carboxylic acid groups (broad SMARTS) is 2. The number of rotatable bonds is 2. The van der Waals surface area contributed by atoms with Gasteiger partial charge in [0.05, 0.1) is 16.4 Å². The second kappa shape index (κ2) is 4.67. The number of para-hydroxylation sites is 2. The van der Waals surface area contributed by atoms with Crippen LogP contribution in [0.5, 0.6) is 0 Å². The van der Waals surface area contributed by atoms with Gasteiger partial charge in [0, 0.05) is 17.2 Å². The summed E-state index contributed by atoms with van der Waals surface area (Å²) in [4.78, 5) is 23.6. The standard InChI is InChI=1S/C18H14N2O4/c1-18(17(23)24)9-13(16(21)22)19-20-14-8-3-2-5-10(14)11-6-4-7-12(18)15(11)20/h2-8H,9H2,1H3,(H,21,22)(H,23,24)/t18-/m0/s1. The summed E-state index contributed by atoms with van der Waals surface area (Å²) in [6.45, 7) is 1.55. The number of carbonyl (C=O) groups is 2. The Balaban J connectivity index is 2.26. The van der Waals surface area contributed by atoms with Crippen LogP contribution in [-0.2, 0) is 15.0 Å². The van der Waals surface area contributed by atoms with E-state index in [-0.39, 0.29) is 12.1 Å². The van der Waals surface area contributed by atoms with Crippen LogP contribution in [0.4, 0.5) is 0 Å². The Labute approximate surface area is 136 Å². The summed E-state index contributed by atoms with van der Waals surface area (Å²) >= 11 is 0. The number of nitrogens with zero attached hydrogens (tertiary/aromatic N) is 2. The maximum atomic E-state index is 12.0. The molecular weight excluding hydrogens is 308 g/mol. The van der Waals surface area contributed by atoms with Gasteiger partial charge in [-0.1, -0.05) is 36.4 Å². The summed E-state index contributed by atoms with van der Waals surface area (Å²) in [5.41, 5.74) is 0.454. The summed E-state index contributed by atoms with van der Waals surface area (Å²) in [7, 11) is 0. The third-order valence-electron chi connectivity index (χ3n) is 4.73. The molecule has 120 valence electrons. The highest BCUT2D eigenvalue weighted by Gasteiger charge is 2.42. The lowest BCUT2D eigenvalue weighted by Crippen LogP contribution is -2.36. The Bertz CT molecular complexity index is 1060. The van der Waals surface area contributed by atoms with E-state index in [1.165, 1.54) is 0 Å². The van der Waals surface area contributed by atoms with Gasteiger partial charge in [0.25, 0.3) is 0 Å². The van der Waals surface area contributed by atoms with Gasteiger partial charge in [-0.05, 0) is 18.6 Å². The number of aromatic nitrogens is 1. The second-order valence-corrected chi connectivity index (χ2v) is 6.20. The van der Waals surface area contributed by atoms with Crippen LogP contribution in [0, 0.1) is 0 Å². The lowest BCUT2D eigenvalue weighted by molar-refractivity contribution is -0.142. The fourth-order valence-corrected chi connectivity index (χ4v) is 3.44. The first kappa shape index (κ1) is 14.4. The first-order chi connectivity index (χ1) is 11.4. The lowest BCUT2D eigenvalue weighted by atomic mass is 9.77. The molecule has 0 saturated carbocycles. The highest BCUT2D eigenvalue weighted by molar-refractivity contribution is 6.36. The predicted octanol–water partition coefficient (Wildman–Crippen LogP) is 2.83. The molecule has 6 nitrogen and oxygen atoms in total. The van der Waals surface area contributed by atoms with E-state index >= 15 is 0 Å². The average molecular weight is 322 g/mol. The number of carboxylic acids is 2. The van der Waals surface area contributed by atoms with Crippen molar-refractivity contribution in [1.29, 1.82) is 0 Å². The molecule has 2 N–H and O–H groups in total. The Morgan fingerprint density at radius 2 is 1.79 bits per heavy atom. The molecule has 0 amide bonds. The van der Waals surface area contributed by atoms with Crippen molar-refractivity contribution in [3.05, 3.63) is 48.0 Å². The van der Waals surface area contributed by atoms with E-state index in [0.29, 0.717) is 11.1 Å². The molecule has 1 atom stereocenters. The molecule has 1 aliphatic heterocycles. The topological polar surface area (TPSA) is 91.9 Å². The molecule has 0 bridgehead atoms. The minimum absolute atomic E-state index is 0.168. The maximum Gasteiger partial charge on any atom is 0.352 e. The zero-order valence-electron chi connectivity index (χ0n) is 12.9. The van der Waals surface area contributed by atoms with Gasteiger partial charge in [0.1, 0.15) is 5.71 Å². The van der Waals surface area contributed by atoms with E-state index in [1.807, 2.05) is 30.3 Å². The van der Waals surface area contributed by atoms with E-state index in [0.717, 1.165) is 16.3 Å². The number of fused-ring (bicyclic) bond motifs is 3. The molecule has 2 heterocycles. The van der Waals surface area contributed by atoms with Crippen molar-refractivity contribution in [1.82, 2.24) is 4.68 Å². The molecule has 0 saturated heterocycles. The fourth-order valence-electron chi connectivity index (χ4n) is 3.44. The number of hydrogen-bond acceptors (Lipinski definition) is 3. The van der Waals surface area contributed by atoms with Crippen LogP contribution < -0.4 is 0 Å². The molecule has 4 rings (SSSR count). The Hall–Kier alpha value is -3.15. The molecule has 1 aliphatic rings. The molecule has 0 unspecified atom stereocenters. The van der Waals surface area contributed by atoms with E-state index in [9.17, 15) is 19.8 Å². The second-order valence-electron chi connectivity index (χ2n) is 6.20. The maximum absolute atomic E-state index is 12.0. The molecule has 2 aromatic carbocycles. The van der Waals surface area contributed by atoms with Gasteiger partial charge < -0.3 is 10.2 Å². The minimum atomic E-state index is -1.36. The minimum Gasteiger partial charge on any atom is -0.481 e. The van der Waals surface area contributed by atoms with Crippen molar-refractivity contribution in [2.45, 2.75) is 18.8 Å². The predicted molar refractivity (Wildman–Crippen MR) is 89.5 cm³/mol. The Morgan fingerprint density at radius 1 is 1.08 bits per heavy atom. The van der Waals surface area contributed by atoms with Crippen LogP contribution in [0.1, 0.15) is 18.9 Å². The van der Waals surface area contributed by atoms with E-state index < -0.39 is 17.4 Å². The normalized spacial score (nSPS) is 20.0. The highest BCUT2D eigenvalue weighted by atomic mass is 16.4. The third kappa shape index (κ3) is 1.73. The monoisotopic (exact) mass is 322 g/mol. The SMILES string of the molecule is C[C@]1(C(=O)O)CC(C(=O)O)=Nn2c3ccccc3c3cccc1c32. The van der Waals surface area contributed by atoms with Gasteiger partial charge in [-0.15, -0.1) is 0 Å². The van der Waals surface area contributed by atoms with Crippen molar-refractivity contribution >= 4 is 39.5 Å². The summed E-state index contributed by atoms with van der Waals surface area (Å²) in [6, 6.07) is 13.0. The summed E-state index contributed by atoms with van der Waals surface area (Å²) in [5, 5.41) is 25.4. The molecule has 6 heteroatoms. The molecule has 0 aliphatic carbocycles. The van der Waals surface area contributed by atoms with Crippen molar-refractivity contribution < 1.29 is 19.8 Å². The Kier molecular flexibility index (Phi) is 2.81. The van der Waals surface area contributed by atoms with E-state index in [2.05, 4.69) is 5.10 Å². The van der Waals surface area contributed by atoms with Crippen LogP contribution in [-0.4, -0.2) is 32.5 Å². The highest BCUT2D eigenvalue weighted by Crippen LogP contribution is 2.40. The van der Waals surface area contributed by atoms with Crippen LogP contribution >= 0.6 is 0 Å². The van der Waals surface area contributed by atoms with E-state index in [4.69, 9.17) is 0 Å². The molecule has 0 radical (unpaired) electrons. The lowest BCUT2D eigenvalue weighted by Gasteiger charge is -2.24. The van der Waals surface area contributed by atoms with Crippen LogP contribution in [0.25, 0.3) is 21.8 Å². The Morgan fingerprint density at radius 3 is 2.50 bits per heavy atom. The van der Waals surface area contributed by atoms with Crippen LogP contribution in [0.2, 0.25) is 0 Å². The number of hydrogen-bond donors (Lipinski definition) is 2. The quantitative estimate of drug-likeness (QED) is 0.759. The van der Waals surface area contributed by atoms with Crippen molar-refractivity contribution in [2.24, 2.45) is 5.10 Å². The van der Waals surface area contributed by atoms with Gasteiger partial charge >= 0.3 is 11.9 Å². The van der Waals surface area contributed by atoms with Gasteiger partial charge in [0.2, 0.25) is 0 Å². The molecule has 1 aromatic heterocycles. The van der Waals surface area contributed by atoms with Gasteiger partial charge in [-0.3, -0.25) is 4.79 Å². The molecule has 3 aromatic rings. The van der Waals surface area contributed by atoms with Gasteiger partial charge in [0.15, 0.2) is 0 Å². The first-order valence-corrected chi connectivity index (χ1v) is 7.50.